The Morgan fingerprint density at radius 3 is 2.40 bits per heavy atom. The van der Waals surface area contributed by atoms with Crippen molar-refractivity contribution in [2.45, 2.75) is 37.7 Å². The highest BCUT2D eigenvalue weighted by atomic mass is 16.3. The molecule has 0 unspecified atom stereocenters. The monoisotopic (exact) mass is 219 g/mol. The molecule has 0 heterocycles. The maximum atomic E-state index is 10.8. The summed E-state index contributed by atoms with van der Waals surface area (Å²) in [5, 5.41) is 40.1. The summed E-state index contributed by atoms with van der Waals surface area (Å²) < 4.78 is 0. The van der Waals surface area contributed by atoms with Crippen LogP contribution in [-0.4, -0.2) is 57.3 Å². The number of rotatable bonds is 2. The molecule has 5 N–H and O–H groups in total. The summed E-state index contributed by atoms with van der Waals surface area (Å²) in [5.74, 6) is -0.937. The zero-order chi connectivity index (χ0) is 11.6. The van der Waals surface area contributed by atoms with E-state index in [1.807, 2.05) is 0 Å². The Balaban J connectivity index is 2.70. The van der Waals surface area contributed by atoms with Crippen molar-refractivity contribution in [1.29, 1.82) is 0 Å². The Morgan fingerprint density at radius 2 is 1.93 bits per heavy atom. The van der Waals surface area contributed by atoms with Crippen molar-refractivity contribution in [2.24, 2.45) is 5.92 Å². The van der Waals surface area contributed by atoms with Crippen LogP contribution in [0.4, 0.5) is 0 Å². The Labute approximate surface area is 87.5 Å². The van der Waals surface area contributed by atoms with Gasteiger partial charge in [0.05, 0.1) is 18.2 Å². The third-order valence-corrected chi connectivity index (χ3v) is 2.76. The highest BCUT2D eigenvalue weighted by Gasteiger charge is 2.42. The lowest BCUT2D eigenvalue weighted by Crippen LogP contribution is -2.60. The summed E-state index contributed by atoms with van der Waals surface area (Å²) in [6.45, 7) is 0.964. The normalized spacial score (nSPS) is 41.3. The van der Waals surface area contributed by atoms with E-state index in [-0.39, 0.29) is 18.9 Å². The number of hydrogen-bond donors (Lipinski definition) is 5. The van der Waals surface area contributed by atoms with E-state index in [2.05, 4.69) is 5.32 Å². The summed E-state index contributed by atoms with van der Waals surface area (Å²) in [5.41, 5.74) is 0. The molecule has 1 amide bonds. The van der Waals surface area contributed by atoms with Crippen molar-refractivity contribution >= 4 is 5.91 Å². The second kappa shape index (κ2) is 4.89. The number of aliphatic hydroxyl groups is 4. The molecule has 15 heavy (non-hydrogen) atoms. The van der Waals surface area contributed by atoms with Gasteiger partial charge in [-0.25, -0.2) is 0 Å². The fraction of sp³-hybridized carbons (Fsp3) is 0.889. The highest BCUT2D eigenvalue weighted by Crippen LogP contribution is 2.25. The fourth-order valence-electron chi connectivity index (χ4n) is 1.91. The van der Waals surface area contributed by atoms with E-state index >= 15 is 0 Å². The van der Waals surface area contributed by atoms with Crippen LogP contribution in [0.3, 0.4) is 0 Å². The van der Waals surface area contributed by atoms with Crippen LogP contribution in [0.15, 0.2) is 0 Å². The van der Waals surface area contributed by atoms with E-state index in [9.17, 15) is 20.1 Å². The molecule has 1 aliphatic carbocycles. The van der Waals surface area contributed by atoms with E-state index in [4.69, 9.17) is 5.11 Å². The predicted octanol–water partition coefficient (Wildman–Crippen LogP) is -2.41. The van der Waals surface area contributed by atoms with E-state index in [0.717, 1.165) is 0 Å². The van der Waals surface area contributed by atoms with Gasteiger partial charge in [0.25, 0.3) is 0 Å². The van der Waals surface area contributed by atoms with Crippen LogP contribution in [0.1, 0.15) is 13.3 Å². The molecule has 0 saturated heterocycles. The maximum Gasteiger partial charge on any atom is 0.217 e. The standard InChI is InChI=1S/C9H17NO5/c1-4(12)10-7-6(13)2-5(3-11)8(14)9(7)15/h5-9,11,13-15H,2-3H2,1H3,(H,10,12)/t5-,6+,7+,8-,9-/m0/s1. The molecule has 1 saturated carbocycles. The molecule has 0 aromatic rings. The Bertz CT molecular complexity index is 235. The summed E-state index contributed by atoms with van der Waals surface area (Å²) in [7, 11) is 0. The van der Waals surface area contributed by atoms with Gasteiger partial charge in [0.1, 0.15) is 6.10 Å². The van der Waals surface area contributed by atoms with Gasteiger partial charge in [0.15, 0.2) is 0 Å². The number of aliphatic hydroxyl groups excluding tert-OH is 4. The van der Waals surface area contributed by atoms with Gasteiger partial charge in [-0.05, 0) is 6.42 Å². The van der Waals surface area contributed by atoms with Crippen molar-refractivity contribution in [3.05, 3.63) is 0 Å². The molecule has 0 spiro atoms. The largest absolute Gasteiger partial charge is 0.396 e. The predicted molar refractivity (Wildman–Crippen MR) is 50.8 cm³/mol. The van der Waals surface area contributed by atoms with Crippen LogP contribution in [-0.2, 0) is 4.79 Å². The van der Waals surface area contributed by atoms with Gasteiger partial charge in [-0.1, -0.05) is 0 Å². The Kier molecular flexibility index (Phi) is 4.04. The molecule has 6 heteroatoms. The number of carbonyl (C=O) groups is 1. The van der Waals surface area contributed by atoms with Crippen LogP contribution >= 0.6 is 0 Å². The molecule has 0 radical (unpaired) electrons. The molecule has 0 aliphatic heterocycles. The molecule has 0 aromatic carbocycles. The number of amides is 1. The molecular weight excluding hydrogens is 202 g/mol. The van der Waals surface area contributed by atoms with E-state index in [1.165, 1.54) is 6.92 Å². The lowest BCUT2D eigenvalue weighted by atomic mass is 9.80. The van der Waals surface area contributed by atoms with Crippen LogP contribution in [0, 0.1) is 5.92 Å². The molecule has 6 nitrogen and oxygen atoms in total. The number of nitrogens with one attached hydrogen (secondary N) is 1. The molecular formula is C9H17NO5. The average Bonchev–Trinajstić information content (AvgIpc) is 2.18. The highest BCUT2D eigenvalue weighted by molar-refractivity contribution is 5.73. The summed E-state index contributed by atoms with van der Waals surface area (Å²) in [6.07, 6.45) is -3.19. The van der Waals surface area contributed by atoms with Crippen molar-refractivity contribution in [3.63, 3.8) is 0 Å². The second-order valence-corrected chi connectivity index (χ2v) is 3.95. The summed E-state index contributed by atoms with van der Waals surface area (Å²) in [6, 6.07) is -0.875. The van der Waals surface area contributed by atoms with Crippen LogP contribution in [0.25, 0.3) is 0 Å². The molecule has 1 fully saturated rings. The van der Waals surface area contributed by atoms with Crippen molar-refractivity contribution < 1.29 is 25.2 Å². The number of carbonyl (C=O) groups excluding carboxylic acids is 1. The van der Waals surface area contributed by atoms with Gasteiger partial charge in [0.2, 0.25) is 5.91 Å². The van der Waals surface area contributed by atoms with Crippen molar-refractivity contribution in [2.75, 3.05) is 6.61 Å². The first-order valence-electron chi connectivity index (χ1n) is 4.89. The van der Waals surface area contributed by atoms with Crippen molar-refractivity contribution in [1.82, 2.24) is 5.32 Å². The van der Waals surface area contributed by atoms with Gasteiger partial charge in [-0.15, -0.1) is 0 Å². The minimum atomic E-state index is -1.25. The van der Waals surface area contributed by atoms with Gasteiger partial charge in [0, 0.05) is 19.4 Å². The second-order valence-electron chi connectivity index (χ2n) is 3.95. The van der Waals surface area contributed by atoms with Crippen LogP contribution in [0.5, 0.6) is 0 Å². The third kappa shape index (κ3) is 2.66. The van der Waals surface area contributed by atoms with E-state index in [1.54, 1.807) is 0 Å². The Hall–Kier alpha value is -0.690. The quantitative estimate of drug-likeness (QED) is 0.355. The van der Waals surface area contributed by atoms with Crippen LogP contribution in [0.2, 0.25) is 0 Å². The molecule has 1 rings (SSSR count). The van der Waals surface area contributed by atoms with Gasteiger partial charge in [-0.3, -0.25) is 4.79 Å². The maximum absolute atomic E-state index is 10.8. The smallest absolute Gasteiger partial charge is 0.217 e. The molecule has 0 bridgehead atoms. The van der Waals surface area contributed by atoms with Gasteiger partial charge >= 0.3 is 0 Å². The first-order chi connectivity index (χ1) is 6.97. The van der Waals surface area contributed by atoms with Gasteiger partial charge in [-0.2, -0.15) is 0 Å². The first kappa shape index (κ1) is 12.4. The molecule has 5 atom stereocenters. The van der Waals surface area contributed by atoms with E-state index in [0.29, 0.717) is 0 Å². The fourth-order valence-corrected chi connectivity index (χ4v) is 1.91. The third-order valence-electron chi connectivity index (χ3n) is 2.76. The Morgan fingerprint density at radius 1 is 1.33 bits per heavy atom. The average molecular weight is 219 g/mol. The molecule has 88 valence electrons. The van der Waals surface area contributed by atoms with Gasteiger partial charge < -0.3 is 25.7 Å². The molecule has 1 aliphatic rings. The zero-order valence-corrected chi connectivity index (χ0v) is 8.50. The SMILES string of the molecule is CC(=O)N[C@H]1[C@H](O)[C@@H](O)[C@H](CO)C[C@H]1O. The van der Waals surface area contributed by atoms with Crippen molar-refractivity contribution in [3.8, 4) is 0 Å². The zero-order valence-electron chi connectivity index (χ0n) is 8.50. The first-order valence-corrected chi connectivity index (χ1v) is 4.89. The lowest BCUT2D eigenvalue weighted by molar-refractivity contribution is -0.133. The number of hydrogen-bond acceptors (Lipinski definition) is 5. The minimum Gasteiger partial charge on any atom is -0.396 e. The summed E-state index contributed by atoms with van der Waals surface area (Å²) in [4.78, 5) is 10.8. The van der Waals surface area contributed by atoms with Crippen LogP contribution < -0.4 is 5.32 Å². The molecule has 0 aromatic heterocycles. The minimum absolute atomic E-state index is 0.152. The summed E-state index contributed by atoms with van der Waals surface area (Å²) >= 11 is 0. The topological polar surface area (TPSA) is 110 Å². The van der Waals surface area contributed by atoms with E-state index < -0.39 is 30.3 Å². The lowest BCUT2D eigenvalue weighted by Gasteiger charge is -2.40.